The van der Waals surface area contributed by atoms with E-state index in [1.54, 1.807) is 6.07 Å². The molecule has 0 radical (unpaired) electrons. The van der Waals surface area contributed by atoms with Gasteiger partial charge >= 0.3 is 0 Å². The van der Waals surface area contributed by atoms with E-state index in [1.165, 1.54) is 12.1 Å². The third-order valence-electron chi connectivity index (χ3n) is 1.98. The molecule has 0 spiro atoms. The zero-order valence-electron chi connectivity index (χ0n) is 10.1. The Bertz CT molecular complexity index is 415. The predicted molar refractivity (Wildman–Crippen MR) is 75.5 cm³/mol. The van der Waals surface area contributed by atoms with E-state index in [0.29, 0.717) is 9.26 Å². The van der Waals surface area contributed by atoms with E-state index in [-0.39, 0.29) is 23.8 Å². The zero-order chi connectivity index (χ0) is 13.1. The van der Waals surface area contributed by atoms with Gasteiger partial charge < -0.3 is 10.6 Å². The van der Waals surface area contributed by atoms with Crippen molar-refractivity contribution >= 4 is 34.2 Å². The lowest BCUT2D eigenvalue weighted by Crippen LogP contribution is -2.41. The molecule has 0 unspecified atom stereocenters. The standard InChI is InChI=1S/C12H16FIN2O/c1-12(2,3)15-7-11(17)16-10-5-4-8(13)6-9(10)14/h4-6,15H,7H2,1-3H3,(H,16,17). The van der Waals surface area contributed by atoms with Crippen LogP contribution in [0.3, 0.4) is 0 Å². The van der Waals surface area contributed by atoms with Crippen LogP contribution in [0.5, 0.6) is 0 Å². The Morgan fingerprint density at radius 1 is 1.41 bits per heavy atom. The summed E-state index contributed by atoms with van der Waals surface area (Å²) in [5.41, 5.74) is 0.528. The van der Waals surface area contributed by atoms with Crippen LogP contribution in [0.1, 0.15) is 20.8 Å². The van der Waals surface area contributed by atoms with Gasteiger partial charge in [-0.1, -0.05) is 0 Å². The van der Waals surface area contributed by atoms with Crippen molar-refractivity contribution in [3.63, 3.8) is 0 Å². The Balaban J connectivity index is 2.57. The first-order chi connectivity index (χ1) is 7.78. The molecule has 0 heterocycles. The van der Waals surface area contributed by atoms with E-state index in [9.17, 15) is 9.18 Å². The van der Waals surface area contributed by atoms with Gasteiger partial charge in [-0.15, -0.1) is 0 Å². The average molecular weight is 350 g/mol. The first kappa shape index (κ1) is 14.4. The number of nitrogens with one attached hydrogen (secondary N) is 2. The van der Waals surface area contributed by atoms with Crippen LogP contribution in [0.4, 0.5) is 10.1 Å². The quantitative estimate of drug-likeness (QED) is 0.824. The van der Waals surface area contributed by atoms with Gasteiger partial charge in [0.15, 0.2) is 0 Å². The highest BCUT2D eigenvalue weighted by molar-refractivity contribution is 14.1. The smallest absolute Gasteiger partial charge is 0.238 e. The molecule has 0 aliphatic heterocycles. The Morgan fingerprint density at radius 2 is 2.06 bits per heavy atom. The Morgan fingerprint density at radius 3 is 2.59 bits per heavy atom. The van der Waals surface area contributed by atoms with E-state index >= 15 is 0 Å². The molecule has 0 aromatic heterocycles. The van der Waals surface area contributed by atoms with Crippen LogP contribution in [0, 0.1) is 9.39 Å². The van der Waals surface area contributed by atoms with Gasteiger partial charge in [-0.05, 0) is 61.6 Å². The van der Waals surface area contributed by atoms with Gasteiger partial charge in [-0.2, -0.15) is 0 Å². The molecule has 5 heteroatoms. The number of hydrogen-bond donors (Lipinski definition) is 2. The van der Waals surface area contributed by atoms with Crippen LogP contribution in [0.2, 0.25) is 0 Å². The second-order valence-corrected chi connectivity index (χ2v) is 5.94. The maximum atomic E-state index is 12.9. The van der Waals surface area contributed by atoms with Crippen molar-refractivity contribution in [3.05, 3.63) is 27.6 Å². The normalized spacial score (nSPS) is 11.4. The molecule has 1 rings (SSSR count). The summed E-state index contributed by atoms with van der Waals surface area (Å²) in [6, 6.07) is 4.27. The third-order valence-corrected chi connectivity index (χ3v) is 2.88. The van der Waals surface area contributed by atoms with Crippen LogP contribution >= 0.6 is 22.6 Å². The number of amides is 1. The molecular weight excluding hydrogens is 334 g/mol. The lowest BCUT2D eigenvalue weighted by molar-refractivity contribution is -0.115. The zero-order valence-corrected chi connectivity index (χ0v) is 12.3. The summed E-state index contributed by atoms with van der Waals surface area (Å²) in [6.45, 7) is 6.20. The average Bonchev–Trinajstić information content (AvgIpc) is 2.18. The minimum absolute atomic E-state index is 0.104. The summed E-state index contributed by atoms with van der Waals surface area (Å²) < 4.78 is 13.5. The van der Waals surface area contributed by atoms with Crippen LogP contribution in [-0.2, 0) is 4.79 Å². The maximum Gasteiger partial charge on any atom is 0.238 e. The fourth-order valence-electron chi connectivity index (χ4n) is 1.13. The second-order valence-electron chi connectivity index (χ2n) is 4.78. The molecule has 0 atom stereocenters. The van der Waals surface area contributed by atoms with Crippen molar-refractivity contribution in [1.29, 1.82) is 0 Å². The van der Waals surface area contributed by atoms with Gasteiger partial charge in [-0.3, -0.25) is 4.79 Å². The highest BCUT2D eigenvalue weighted by atomic mass is 127. The van der Waals surface area contributed by atoms with Gasteiger partial charge in [0.2, 0.25) is 5.91 Å². The van der Waals surface area contributed by atoms with Gasteiger partial charge in [-0.25, -0.2) is 4.39 Å². The molecule has 1 aromatic carbocycles. The number of benzene rings is 1. The van der Waals surface area contributed by atoms with Crippen LogP contribution in [0.15, 0.2) is 18.2 Å². The summed E-state index contributed by atoms with van der Waals surface area (Å²) >= 11 is 1.99. The van der Waals surface area contributed by atoms with Gasteiger partial charge in [0, 0.05) is 9.11 Å². The molecule has 0 aliphatic rings. The van der Waals surface area contributed by atoms with Gasteiger partial charge in [0.05, 0.1) is 12.2 Å². The minimum Gasteiger partial charge on any atom is -0.324 e. The molecule has 2 N–H and O–H groups in total. The highest BCUT2D eigenvalue weighted by Crippen LogP contribution is 2.18. The molecule has 0 saturated heterocycles. The number of halogens is 2. The SMILES string of the molecule is CC(C)(C)NCC(=O)Nc1ccc(F)cc1I. The first-order valence-corrected chi connectivity index (χ1v) is 6.36. The predicted octanol–water partition coefficient (Wildman–Crippen LogP) is 2.76. The van der Waals surface area contributed by atoms with Gasteiger partial charge in [0.25, 0.3) is 0 Å². The van der Waals surface area contributed by atoms with Crippen molar-refractivity contribution in [2.45, 2.75) is 26.3 Å². The number of hydrogen-bond acceptors (Lipinski definition) is 2. The molecule has 17 heavy (non-hydrogen) atoms. The summed E-state index contributed by atoms with van der Waals surface area (Å²) in [6.07, 6.45) is 0. The Labute approximate surface area is 114 Å². The highest BCUT2D eigenvalue weighted by Gasteiger charge is 2.12. The summed E-state index contributed by atoms with van der Waals surface area (Å²) in [7, 11) is 0. The fourth-order valence-corrected chi connectivity index (χ4v) is 1.74. The molecule has 0 bridgehead atoms. The van der Waals surface area contributed by atoms with E-state index in [0.717, 1.165) is 0 Å². The van der Waals surface area contributed by atoms with Crippen molar-refractivity contribution in [2.75, 3.05) is 11.9 Å². The summed E-state index contributed by atoms with van der Waals surface area (Å²) in [5.74, 6) is -0.440. The molecule has 94 valence electrons. The fraction of sp³-hybridized carbons (Fsp3) is 0.417. The molecule has 1 aromatic rings. The lowest BCUT2D eigenvalue weighted by atomic mass is 10.1. The largest absolute Gasteiger partial charge is 0.324 e. The first-order valence-electron chi connectivity index (χ1n) is 5.28. The van der Waals surface area contributed by atoms with E-state index in [4.69, 9.17) is 0 Å². The summed E-state index contributed by atoms with van der Waals surface area (Å²) in [4.78, 5) is 11.6. The molecule has 0 aliphatic carbocycles. The van der Waals surface area contributed by atoms with E-state index in [1.807, 2.05) is 43.4 Å². The lowest BCUT2D eigenvalue weighted by Gasteiger charge is -2.20. The third kappa shape index (κ3) is 5.45. The second kappa shape index (κ2) is 5.77. The van der Waals surface area contributed by atoms with E-state index in [2.05, 4.69) is 10.6 Å². The van der Waals surface area contributed by atoms with Crippen molar-refractivity contribution in [1.82, 2.24) is 5.32 Å². The molecule has 3 nitrogen and oxygen atoms in total. The molecular formula is C12H16FIN2O. The molecule has 0 saturated carbocycles. The minimum atomic E-state index is -0.305. The van der Waals surface area contributed by atoms with Crippen LogP contribution in [0.25, 0.3) is 0 Å². The Hall–Kier alpha value is -0.690. The molecule has 1 amide bonds. The van der Waals surface area contributed by atoms with Crippen molar-refractivity contribution in [3.8, 4) is 0 Å². The van der Waals surface area contributed by atoms with Crippen LogP contribution < -0.4 is 10.6 Å². The molecule has 0 fully saturated rings. The Kier molecular flexibility index (Phi) is 4.88. The number of anilines is 1. The van der Waals surface area contributed by atoms with Gasteiger partial charge in [0.1, 0.15) is 5.82 Å². The van der Waals surface area contributed by atoms with Crippen molar-refractivity contribution < 1.29 is 9.18 Å². The topological polar surface area (TPSA) is 41.1 Å². The van der Waals surface area contributed by atoms with E-state index < -0.39 is 0 Å². The number of carbonyl (C=O) groups excluding carboxylic acids is 1. The van der Waals surface area contributed by atoms with Crippen LogP contribution in [-0.4, -0.2) is 18.0 Å². The maximum absolute atomic E-state index is 12.9. The van der Waals surface area contributed by atoms with Crippen molar-refractivity contribution in [2.24, 2.45) is 0 Å². The number of carbonyl (C=O) groups is 1. The summed E-state index contributed by atoms with van der Waals surface area (Å²) in [5, 5.41) is 5.82. The monoisotopic (exact) mass is 350 g/mol. The number of rotatable bonds is 3.